The zero-order chi connectivity index (χ0) is 18.2. The lowest BCUT2D eigenvalue weighted by molar-refractivity contribution is -0.383. The second-order valence-corrected chi connectivity index (χ2v) is 5.17. The highest BCUT2D eigenvalue weighted by molar-refractivity contribution is 6.30. The van der Waals surface area contributed by atoms with E-state index in [1.165, 1.54) is 30.3 Å². The van der Waals surface area contributed by atoms with Gasteiger partial charge in [0.2, 0.25) is 0 Å². The van der Waals surface area contributed by atoms with Gasteiger partial charge in [-0.1, -0.05) is 29.8 Å². The van der Waals surface area contributed by atoms with Crippen LogP contribution in [-0.2, 0) is 14.3 Å². The summed E-state index contributed by atoms with van der Waals surface area (Å²) >= 11 is 5.78. The monoisotopic (exact) mass is 364 g/mol. The van der Waals surface area contributed by atoms with Crippen LogP contribution in [0.2, 0.25) is 5.02 Å². The van der Waals surface area contributed by atoms with Gasteiger partial charge in [0.25, 0.3) is 11.6 Å². The van der Waals surface area contributed by atoms with E-state index in [2.05, 4.69) is 5.32 Å². The summed E-state index contributed by atoms with van der Waals surface area (Å²) in [5, 5.41) is 13.6. The van der Waals surface area contributed by atoms with E-state index >= 15 is 0 Å². The number of nitro groups is 1. The van der Waals surface area contributed by atoms with Crippen LogP contribution < -0.4 is 10.1 Å². The molecule has 0 aliphatic heterocycles. The first-order chi connectivity index (χ1) is 12.0. The van der Waals surface area contributed by atoms with Crippen molar-refractivity contribution >= 4 is 34.9 Å². The lowest BCUT2D eigenvalue weighted by Crippen LogP contribution is -2.24. The highest BCUT2D eigenvalue weighted by Crippen LogP contribution is 2.23. The molecule has 0 heterocycles. The smallest absolute Gasteiger partial charge is 0.344 e. The normalized spacial score (nSPS) is 9.96. The number of halogens is 1. The molecule has 0 radical (unpaired) electrons. The third-order valence-corrected chi connectivity index (χ3v) is 3.13. The van der Waals surface area contributed by atoms with Crippen molar-refractivity contribution in [1.82, 2.24) is 0 Å². The van der Waals surface area contributed by atoms with Crippen molar-refractivity contribution in [3.8, 4) is 5.75 Å². The van der Waals surface area contributed by atoms with E-state index in [9.17, 15) is 19.7 Å². The number of benzene rings is 2. The van der Waals surface area contributed by atoms with Crippen LogP contribution >= 0.6 is 11.6 Å². The van der Waals surface area contributed by atoms with Crippen LogP contribution in [-0.4, -0.2) is 30.0 Å². The summed E-state index contributed by atoms with van der Waals surface area (Å²) in [4.78, 5) is 33.5. The Balaban J connectivity index is 1.80. The maximum absolute atomic E-state index is 11.7. The molecule has 9 heteroatoms. The average Bonchev–Trinajstić information content (AvgIpc) is 2.58. The van der Waals surface area contributed by atoms with Gasteiger partial charge < -0.3 is 14.8 Å². The van der Waals surface area contributed by atoms with Gasteiger partial charge in [0.15, 0.2) is 13.2 Å². The number of rotatable bonds is 7. The maximum atomic E-state index is 11.7. The van der Waals surface area contributed by atoms with Gasteiger partial charge in [-0.05, 0) is 24.3 Å². The molecule has 0 aliphatic rings. The first-order valence-corrected chi connectivity index (χ1v) is 7.41. The predicted octanol–water partition coefficient (Wildman–Crippen LogP) is 2.81. The first kappa shape index (κ1) is 18.2. The summed E-state index contributed by atoms with van der Waals surface area (Å²) in [5.41, 5.74) is -0.241. The fourth-order valence-corrected chi connectivity index (χ4v) is 1.99. The Morgan fingerprint density at radius 2 is 1.88 bits per heavy atom. The minimum Gasteiger partial charge on any atom is -0.482 e. The second kappa shape index (κ2) is 8.65. The highest BCUT2D eigenvalue weighted by atomic mass is 35.5. The Kier molecular flexibility index (Phi) is 6.30. The molecular formula is C16H13ClN2O6. The number of nitro benzene ring substituents is 1. The zero-order valence-corrected chi connectivity index (χ0v) is 13.6. The number of esters is 1. The Labute approximate surface area is 147 Å². The van der Waals surface area contributed by atoms with Gasteiger partial charge in [-0.3, -0.25) is 14.9 Å². The Morgan fingerprint density at radius 1 is 1.12 bits per heavy atom. The lowest BCUT2D eigenvalue weighted by atomic mass is 10.2. The molecule has 2 aromatic carbocycles. The summed E-state index contributed by atoms with van der Waals surface area (Å²) in [5.74, 6) is -1.09. The number of ether oxygens (including phenoxy) is 2. The van der Waals surface area contributed by atoms with Gasteiger partial charge in [-0.15, -0.1) is 0 Å². The number of amides is 1. The topological polar surface area (TPSA) is 108 Å². The molecule has 0 aliphatic carbocycles. The van der Waals surface area contributed by atoms with Gasteiger partial charge >= 0.3 is 5.97 Å². The number of carbonyl (C=O) groups excluding carboxylic acids is 2. The van der Waals surface area contributed by atoms with Gasteiger partial charge in [0.05, 0.1) is 4.92 Å². The molecule has 0 unspecified atom stereocenters. The predicted molar refractivity (Wildman–Crippen MR) is 89.6 cm³/mol. The number of para-hydroxylation sites is 2. The molecule has 2 rings (SSSR count). The third kappa shape index (κ3) is 5.78. The molecule has 0 saturated carbocycles. The molecule has 0 atom stereocenters. The molecule has 0 bridgehead atoms. The number of nitrogens with one attached hydrogen (secondary N) is 1. The summed E-state index contributed by atoms with van der Waals surface area (Å²) in [6, 6.07) is 12.1. The van der Waals surface area contributed by atoms with Crippen LogP contribution in [0.15, 0.2) is 48.5 Å². The van der Waals surface area contributed by atoms with Crippen molar-refractivity contribution in [3.05, 3.63) is 63.7 Å². The quantitative estimate of drug-likeness (QED) is 0.460. The second-order valence-electron chi connectivity index (χ2n) is 4.73. The molecule has 0 spiro atoms. The molecule has 25 heavy (non-hydrogen) atoms. The van der Waals surface area contributed by atoms with Crippen molar-refractivity contribution in [2.75, 3.05) is 18.5 Å². The van der Waals surface area contributed by atoms with E-state index in [1.807, 2.05) is 0 Å². The van der Waals surface area contributed by atoms with Crippen LogP contribution in [0.1, 0.15) is 0 Å². The van der Waals surface area contributed by atoms with E-state index in [-0.39, 0.29) is 11.4 Å². The number of anilines is 1. The number of hydrogen-bond acceptors (Lipinski definition) is 6. The largest absolute Gasteiger partial charge is 0.482 e. The standard InChI is InChI=1S/C16H13ClN2O6/c17-11-4-3-5-12(8-11)24-10-16(21)25-9-15(20)18-13-6-1-2-7-14(13)19(22)23/h1-8H,9-10H2,(H,18,20). The minimum absolute atomic E-state index is 0.0173. The van der Waals surface area contributed by atoms with Crippen LogP contribution in [0, 0.1) is 10.1 Å². The van der Waals surface area contributed by atoms with E-state index in [0.29, 0.717) is 10.8 Å². The fourth-order valence-electron chi connectivity index (χ4n) is 1.81. The van der Waals surface area contributed by atoms with Crippen molar-refractivity contribution in [3.63, 3.8) is 0 Å². The Bertz CT molecular complexity index is 796. The lowest BCUT2D eigenvalue weighted by Gasteiger charge is -2.08. The van der Waals surface area contributed by atoms with Crippen molar-refractivity contribution in [1.29, 1.82) is 0 Å². The Morgan fingerprint density at radius 3 is 2.60 bits per heavy atom. The van der Waals surface area contributed by atoms with Crippen LogP contribution in [0.4, 0.5) is 11.4 Å². The van der Waals surface area contributed by atoms with Gasteiger partial charge in [-0.25, -0.2) is 4.79 Å². The maximum Gasteiger partial charge on any atom is 0.344 e. The number of hydrogen-bond donors (Lipinski definition) is 1. The highest BCUT2D eigenvalue weighted by Gasteiger charge is 2.15. The molecule has 130 valence electrons. The molecule has 1 N–H and O–H groups in total. The first-order valence-electron chi connectivity index (χ1n) is 7.03. The van der Waals surface area contributed by atoms with Crippen molar-refractivity contribution in [2.24, 2.45) is 0 Å². The van der Waals surface area contributed by atoms with Gasteiger partial charge in [0.1, 0.15) is 11.4 Å². The van der Waals surface area contributed by atoms with Crippen LogP contribution in [0.25, 0.3) is 0 Å². The van der Waals surface area contributed by atoms with E-state index < -0.39 is 30.0 Å². The van der Waals surface area contributed by atoms with Crippen LogP contribution in [0.3, 0.4) is 0 Å². The Hall–Kier alpha value is -3.13. The molecule has 0 aromatic heterocycles. The molecule has 1 amide bonds. The van der Waals surface area contributed by atoms with E-state index in [0.717, 1.165) is 0 Å². The van der Waals surface area contributed by atoms with Crippen molar-refractivity contribution < 1.29 is 24.0 Å². The van der Waals surface area contributed by atoms with E-state index in [1.54, 1.807) is 18.2 Å². The summed E-state index contributed by atoms with van der Waals surface area (Å²) in [6.45, 7) is -0.997. The summed E-state index contributed by atoms with van der Waals surface area (Å²) in [6.07, 6.45) is 0. The fraction of sp³-hybridized carbons (Fsp3) is 0.125. The van der Waals surface area contributed by atoms with Gasteiger partial charge in [0, 0.05) is 11.1 Å². The van der Waals surface area contributed by atoms with Crippen molar-refractivity contribution in [2.45, 2.75) is 0 Å². The third-order valence-electron chi connectivity index (χ3n) is 2.89. The summed E-state index contributed by atoms with van der Waals surface area (Å²) < 4.78 is 9.92. The molecule has 0 fully saturated rings. The molecular weight excluding hydrogens is 352 g/mol. The molecule has 8 nitrogen and oxygen atoms in total. The molecule has 0 saturated heterocycles. The summed E-state index contributed by atoms with van der Waals surface area (Å²) in [7, 11) is 0. The molecule has 2 aromatic rings. The zero-order valence-electron chi connectivity index (χ0n) is 12.8. The minimum atomic E-state index is -0.766. The van der Waals surface area contributed by atoms with Gasteiger partial charge in [-0.2, -0.15) is 0 Å². The number of nitrogens with zero attached hydrogens (tertiary/aromatic N) is 1. The average molecular weight is 365 g/mol. The van der Waals surface area contributed by atoms with Crippen LogP contribution in [0.5, 0.6) is 5.75 Å². The van der Waals surface area contributed by atoms with E-state index in [4.69, 9.17) is 21.1 Å². The number of carbonyl (C=O) groups is 2. The SMILES string of the molecule is O=C(COC(=O)COc1cccc(Cl)c1)Nc1ccccc1[N+](=O)[O-].